The van der Waals surface area contributed by atoms with Gasteiger partial charge >= 0.3 is 0 Å². The van der Waals surface area contributed by atoms with E-state index < -0.39 is 0 Å². The SMILES string of the molecule is CC1=C([N+](=O)[O-])C=C(N)CC1. The van der Waals surface area contributed by atoms with Gasteiger partial charge in [0.15, 0.2) is 0 Å². The van der Waals surface area contributed by atoms with Crippen molar-refractivity contribution >= 4 is 0 Å². The lowest BCUT2D eigenvalue weighted by atomic mass is 10.0. The van der Waals surface area contributed by atoms with Crippen LogP contribution in [0.15, 0.2) is 23.0 Å². The topological polar surface area (TPSA) is 69.2 Å². The lowest BCUT2D eigenvalue weighted by Crippen LogP contribution is -2.09. The van der Waals surface area contributed by atoms with Crippen LogP contribution in [-0.2, 0) is 0 Å². The molecule has 0 aromatic heterocycles. The number of nitrogens with two attached hydrogens (primary N) is 1. The van der Waals surface area contributed by atoms with E-state index in [0.29, 0.717) is 12.1 Å². The third-order valence-electron chi connectivity index (χ3n) is 1.74. The van der Waals surface area contributed by atoms with Crippen molar-refractivity contribution in [2.24, 2.45) is 5.73 Å². The lowest BCUT2D eigenvalue weighted by Gasteiger charge is -2.08. The number of hydrogen-bond donors (Lipinski definition) is 1. The molecule has 0 aromatic carbocycles. The Morgan fingerprint density at radius 2 is 2.27 bits per heavy atom. The van der Waals surface area contributed by atoms with Gasteiger partial charge in [-0.15, -0.1) is 0 Å². The van der Waals surface area contributed by atoms with E-state index >= 15 is 0 Å². The fraction of sp³-hybridized carbons (Fsp3) is 0.429. The van der Waals surface area contributed by atoms with E-state index in [1.54, 1.807) is 6.92 Å². The van der Waals surface area contributed by atoms with E-state index in [1.165, 1.54) is 6.08 Å². The van der Waals surface area contributed by atoms with Crippen LogP contribution in [0.1, 0.15) is 19.8 Å². The summed E-state index contributed by atoms with van der Waals surface area (Å²) >= 11 is 0. The highest BCUT2D eigenvalue weighted by atomic mass is 16.6. The number of hydrogen-bond acceptors (Lipinski definition) is 3. The van der Waals surface area contributed by atoms with E-state index in [4.69, 9.17) is 5.73 Å². The largest absolute Gasteiger partial charge is 0.402 e. The molecule has 0 heterocycles. The van der Waals surface area contributed by atoms with Crippen LogP contribution in [0, 0.1) is 10.1 Å². The Balaban J connectivity index is 2.98. The van der Waals surface area contributed by atoms with Crippen molar-refractivity contribution in [1.82, 2.24) is 0 Å². The second-order valence-electron chi connectivity index (χ2n) is 2.64. The summed E-state index contributed by atoms with van der Waals surface area (Å²) in [5, 5.41) is 10.4. The minimum atomic E-state index is -0.388. The van der Waals surface area contributed by atoms with E-state index in [-0.39, 0.29) is 10.6 Å². The van der Waals surface area contributed by atoms with E-state index in [9.17, 15) is 10.1 Å². The van der Waals surface area contributed by atoms with Crippen LogP contribution in [0.3, 0.4) is 0 Å². The maximum Gasteiger partial charge on any atom is 0.270 e. The van der Waals surface area contributed by atoms with Crippen molar-refractivity contribution in [2.45, 2.75) is 19.8 Å². The molecule has 0 saturated heterocycles. The van der Waals surface area contributed by atoms with Gasteiger partial charge in [0.2, 0.25) is 0 Å². The Morgan fingerprint density at radius 3 is 2.73 bits per heavy atom. The number of nitrogens with zero attached hydrogens (tertiary/aromatic N) is 1. The zero-order valence-corrected chi connectivity index (χ0v) is 6.33. The molecule has 0 amide bonds. The third-order valence-corrected chi connectivity index (χ3v) is 1.74. The van der Waals surface area contributed by atoms with Crippen molar-refractivity contribution in [3.8, 4) is 0 Å². The number of allylic oxidation sites excluding steroid dienone is 3. The summed E-state index contributed by atoms with van der Waals surface area (Å²) in [6, 6.07) is 0. The molecule has 4 heteroatoms. The first kappa shape index (κ1) is 7.78. The van der Waals surface area contributed by atoms with Crippen LogP contribution >= 0.6 is 0 Å². The standard InChI is InChI=1S/C7H10N2O2/c1-5-2-3-6(8)4-7(5)9(10)11/h4H,2-3,8H2,1H3. The van der Waals surface area contributed by atoms with Gasteiger partial charge in [-0.3, -0.25) is 10.1 Å². The monoisotopic (exact) mass is 154 g/mol. The van der Waals surface area contributed by atoms with E-state index in [0.717, 1.165) is 12.0 Å². The normalized spacial score (nSPS) is 18.1. The molecule has 0 aromatic rings. The Kier molecular flexibility index (Phi) is 1.94. The van der Waals surface area contributed by atoms with Crippen molar-refractivity contribution in [2.75, 3.05) is 0 Å². The molecule has 1 rings (SSSR count). The minimum absolute atomic E-state index is 0.161. The van der Waals surface area contributed by atoms with Crippen LogP contribution in [-0.4, -0.2) is 4.92 Å². The fourth-order valence-corrected chi connectivity index (χ4v) is 1.04. The molecule has 0 fully saturated rings. The van der Waals surface area contributed by atoms with E-state index in [2.05, 4.69) is 0 Å². The molecule has 0 aliphatic heterocycles. The summed E-state index contributed by atoms with van der Waals surface area (Å²) < 4.78 is 0. The lowest BCUT2D eigenvalue weighted by molar-refractivity contribution is -0.420. The Morgan fingerprint density at radius 1 is 1.64 bits per heavy atom. The molecular formula is C7H10N2O2. The van der Waals surface area contributed by atoms with Crippen LogP contribution in [0.4, 0.5) is 0 Å². The van der Waals surface area contributed by atoms with Gasteiger partial charge in [-0.1, -0.05) is 0 Å². The van der Waals surface area contributed by atoms with Gasteiger partial charge in [-0.05, 0) is 19.8 Å². The summed E-state index contributed by atoms with van der Waals surface area (Å²) in [7, 11) is 0. The van der Waals surface area contributed by atoms with Gasteiger partial charge in [0.1, 0.15) is 0 Å². The molecule has 1 aliphatic carbocycles. The maximum atomic E-state index is 10.4. The summed E-state index contributed by atoms with van der Waals surface area (Å²) in [6.07, 6.45) is 2.89. The molecule has 0 spiro atoms. The molecule has 60 valence electrons. The average Bonchev–Trinajstić information content (AvgIpc) is 1.94. The highest BCUT2D eigenvalue weighted by Crippen LogP contribution is 2.20. The zero-order chi connectivity index (χ0) is 8.43. The van der Waals surface area contributed by atoms with Crippen molar-refractivity contribution in [3.63, 3.8) is 0 Å². The molecule has 0 saturated carbocycles. The molecular weight excluding hydrogens is 144 g/mol. The highest BCUT2D eigenvalue weighted by Gasteiger charge is 2.16. The predicted molar refractivity (Wildman–Crippen MR) is 41.2 cm³/mol. The van der Waals surface area contributed by atoms with Gasteiger partial charge in [0.05, 0.1) is 4.92 Å². The van der Waals surface area contributed by atoms with Crippen molar-refractivity contribution in [1.29, 1.82) is 0 Å². The Labute approximate surface area is 64.5 Å². The summed E-state index contributed by atoms with van der Waals surface area (Å²) in [5.74, 6) is 0. The summed E-state index contributed by atoms with van der Waals surface area (Å²) in [5.41, 5.74) is 7.02. The summed E-state index contributed by atoms with van der Waals surface area (Å²) in [4.78, 5) is 9.97. The van der Waals surface area contributed by atoms with Gasteiger partial charge in [0, 0.05) is 17.3 Å². The number of nitro groups is 1. The van der Waals surface area contributed by atoms with Gasteiger partial charge in [0.25, 0.3) is 5.70 Å². The van der Waals surface area contributed by atoms with E-state index in [1.807, 2.05) is 0 Å². The molecule has 0 unspecified atom stereocenters. The minimum Gasteiger partial charge on any atom is -0.402 e. The maximum absolute atomic E-state index is 10.4. The fourth-order valence-electron chi connectivity index (χ4n) is 1.04. The molecule has 11 heavy (non-hydrogen) atoms. The van der Waals surface area contributed by atoms with Crippen LogP contribution in [0.2, 0.25) is 0 Å². The smallest absolute Gasteiger partial charge is 0.270 e. The van der Waals surface area contributed by atoms with Crippen LogP contribution < -0.4 is 5.73 Å². The molecule has 4 nitrogen and oxygen atoms in total. The molecule has 1 aliphatic rings. The van der Waals surface area contributed by atoms with Gasteiger partial charge in [-0.2, -0.15) is 0 Å². The molecule has 0 atom stereocenters. The summed E-state index contributed by atoms with van der Waals surface area (Å²) in [6.45, 7) is 1.76. The highest BCUT2D eigenvalue weighted by molar-refractivity contribution is 5.26. The second kappa shape index (κ2) is 2.74. The third kappa shape index (κ3) is 1.58. The van der Waals surface area contributed by atoms with Gasteiger partial charge in [-0.25, -0.2) is 0 Å². The molecule has 2 N–H and O–H groups in total. The quantitative estimate of drug-likeness (QED) is 0.455. The molecule has 0 bridgehead atoms. The second-order valence-corrected chi connectivity index (χ2v) is 2.64. The van der Waals surface area contributed by atoms with Crippen LogP contribution in [0.25, 0.3) is 0 Å². The zero-order valence-electron chi connectivity index (χ0n) is 6.33. The van der Waals surface area contributed by atoms with Crippen molar-refractivity contribution < 1.29 is 4.92 Å². The number of rotatable bonds is 1. The molecule has 0 radical (unpaired) electrons. The van der Waals surface area contributed by atoms with Crippen LogP contribution in [0.5, 0.6) is 0 Å². The average molecular weight is 154 g/mol. The first-order valence-electron chi connectivity index (χ1n) is 3.41. The first-order chi connectivity index (χ1) is 5.11. The first-order valence-corrected chi connectivity index (χ1v) is 3.41. The van der Waals surface area contributed by atoms with Crippen molar-refractivity contribution in [3.05, 3.63) is 33.2 Å². The predicted octanol–water partition coefficient (Wildman–Crippen LogP) is 1.17. The van der Waals surface area contributed by atoms with Gasteiger partial charge < -0.3 is 5.73 Å². The Bertz CT molecular complexity index is 253. The Hall–Kier alpha value is -1.32.